The summed E-state index contributed by atoms with van der Waals surface area (Å²) in [6.07, 6.45) is 4.70. The molecule has 0 bridgehead atoms. The summed E-state index contributed by atoms with van der Waals surface area (Å²) in [5.41, 5.74) is 1.45. The number of hydrogen-bond acceptors (Lipinski definition) is 1. The van der Waals surface area contributed by atoms with E-state index in [0.717, 1.165) is 36.1 Å². The van der Waals surface area contributed by atoms with Crippen LogP contribution in [0.5, 0.6) is 0 Å². The van der Waals surface area contributed by atoms with Crippen LogP contribution in [0, 0.1) is 0 Å². The second-order valence-corrected chi connectivity index (χ2v) is 5.66. The lowest BCUT2D eigenvalue weighted by Crippen LogP contribution is -2.42. The minimum Gasteiger partial charge on any atom is -0.339 e. The summed E-state index contributed by atoms with van der Waals surface area (Å²) in [5, 5.41) is 0. The topological polar surface area (TPSA) is 22.0 Å². The van der Waals surface area contributed by atoms with Gasteiger partial charge in [-0.05, 0) is 38.0 Å². The Labute approximate surface area is 114 Å². The second-order valence-electron chi connectivity index (χ2n) is 5.66. The molecule has 0 fully saturated rings. The predicted octanol–water partition coefficient (Wildman–Crippen LogP) is 4.28. The van der Waals surface area contributed by atoms with Crippen LogP contribution in [-0.2, 0) is 10.5 Å². The second kappa shape index (κ2) is 4.95. The third kappa shape index (κ3) is 2.15. The number of halogens is 1. The molecule has 2 nitrogen and oxygen atoms in total. The first-order valence-corrected chi connectivity index (χ1v) is 6.99. The largest absolute Gasteiger partial charge is 0.339 e. The van der Waals surface area contributed by atoms with E-state index in [4.69, 9.17) is 0 Å². The SMILES string of the molecule is CCC/C(C=O)=C/C(C)c1ccc2n1C(C)C2(C)F. The van der Waals surface area contributed by atoms with Crippen molar-refractivity contribution in [2.75, 3.05) is 0 Å². The average Bonchev–Trinajstić information content (AvgIpc) is 2.80. The fourth-order valence-corrected chi connectivity index (χ4v) is 2.93. The van der Waals surface area contributed by atoms with Gasteiger partial charge < -0.3 is 4.57 Å². The molecule has 19 heavy (non-hydrogen) atoms. The molecule has 1 aromatic rings. The Morgan fingerprint density at radius 1 is 1.58 bits per heavy atom. The third-order valence-corrected chi connectivity index (χ3v) is 4.24. The van der Waals surface area contributed by atoms with Crippen LogP contribution in [0.15, 0.2) is 23.8 Å². The van der Waals surface area contributed by atoms with Gasteiger partial charge in [0.2, 0.25) is 0 Å². The van der Waals surface area contributed by atoms with Crippen molar-refractivity contribution in [3.05, 3.63) is 35.2 Å². The zero-order chi connectivity index (χ0) is 14.2. The van der Waals surface area contributed by atoms with Crippen LogP contribution >= 0.6 is 0 Å². The number of aldehydes is 1. The predicted molar refractivity (Wildman–Crippen MR) is 75.1 cm³/mol. The minimum atomic E-state index is -1.22. The first-order valence-electron chi connectivity index (χ1n) is 6.99. The molecular formula is C16H22FNO. The summed E-state index contributed by atoms with van der Waals surface area (Å²) in [7, 11) is 0. The van der Waals surface area contributed by atoms with E-state index < -0.39 is 5.67 Å². The highest BCUT2D eigenvalue weighted by Gasteiger charge is 2.47. The van der Waals surface area contributed by atoms with Crippen LogP contribution in [-0.4, -0.2) is 10.9 Å². The molecule has 0 amide bonds. The molecular weight excluding hydrogens is 241 g/mol. The number of hydrogen-bond donors (Lipinski definition) is 0. The zero-order valence-electron chi connectivity index (χ0n) is 12.1. The summed E-state index contributed by atoms with van der Waals surface area (Å²) in [6, 6.07) is 3.71. The maximum Gasteiger partial charge on any atom is 0.168 e. The standard InChI is InChI=1S/C16H22FNO/c1-5-6-13(10-19)9-11(2)14-7-8-15-16(4,17)12(3)18(14)15/h7-12H,5-6H2,1-4H3/b13-9-. The van der Waals surface area contributed by atoms with Crippen molar-refractivity contribution in [3.63, 3.8) is 0 Å². The number of rotatable bonds is 5. The van der Waals surface area contributed by atoms with Gasteiger partial charge in [-0.25, -0.2) is 4.39 Å². The molecule has 1 aliphatic rings. The van der Waals surface area contributed by atoms with Crippen molar-refractivity contribution < 1.29 is 9.18 Å². The van der Waals surface area contributed by atoms with Crippen molar-refractivity contribution in [3.8, 4) is 0 Å². The summed E-state index contributed by atoms with van der Waals surface area (Å²) in [6.45, 7) is 7.65. The summed E-state index contributed by atoms with van der Waals surface area (Å²) in [5.74, 6) is 0.138. The van der Waals surface area contributed by atoms with Crippen LogP contribution in [0.2, 0.25) is 0 Å². The molecule has 1 aliphatic heterocycles. The molecule has 2 heterocycles. The van der Waals surface area contributed by atoms with Gasteiger partial charge in [-0.15, -0.1) is 0 Å². The molecule has 0 radical (unpaired) electrons. The summed E-state index contributed by atoms with van der Waals surface area (Å²) in [4.78, 5) is 11.0. The van der Waals surface area contributed by atoms with Crippen molar-refractivity contribution in [2.45, 2.75) is 58.2 Å². The van der Waals surface area contributed by atoms with Crippen LogP contribution in [0.25, 0.3) is 0 Å². The molecule has 0 aliphatic carbocycles. The van der Waals surface area contributed by atoms with Gasteiger partial charge in [0.1, 0.15) is 6.29 Å². The Balaban J connectivity index is 2.28. The highest BCUT2D eigenvalue weighted by atomic mass is 19.1. The smallest absolute Gasteiger partial charge is 0.168 e. The molecule has 3 heteroatoms. The number of carbonyl (C=O) groups is 1. The minimum absolute atomic E-state index is 0.130. The molecule has 2 rings (SSSR count). The fourth-order valence-electron chi connectivity index (χ4n) is 2.93. The monoisotopic (exact) mass is 263 g/mol. The van der Waals surface area contributed by atoms with Crippen LogP contribution in [0.3, 0.4) is 0 Å². The van der Waals surface area contributed by atoms with Crippen LogP contribution < -0.4 is 0 Å². The van der Waals surface area contributed by atoms with E-state index in [-0.39, 0.29) is 12.0 Å². The number of aromatic nitrogens is 1. The number of fused-ring (bicyclic) bond motifs is 1. The van der Waals surface area contributed by atoms with Crippen molar-refractivity contribution >= 4 is 6.29 Å². The quantitative estimate of drug-likeness (QED) is 0.574. The Bertz CT molecular complexity index is 513. The van der Waals surface area contributed by atoms with Gasteiger partial charge in [0.15, 0.2) is 5.67 Å². The maximum atomic E-state index is 14.2. The average molecular weight is 263 g/mol. The fraction of sp³-hybridized carbons (Fsp3) is 0.562. The highest BCUT2D eigenvalue weighted by molar-refractivity contribution is 5.73. The Kier molecular flexibility index (Phi) is 3.66. The van der Waals surface area contributed by atoms with E-state index in [2.05, 4.69) is 18.4 Å². The lowest BCUT2D eigenvalue weighted by molar-refractivity contribution is -0.105. The molecule has 1 aromatic heterocycles. The van der Waals surface area contributed by atoms with E-state index in [1.807, 2.05) is 25.1 Å². The lowest BCUT2D eigenvalue weighted by Gasteiger charge is -2.42. The number of nitrogens with zero attached hydrogens (tertiary/aromatic N) is 1. The van der Waals surface area contributed by atoms with Crippen molar-refractivity contribution in [1.82, 2.24) is 4.57 Å². The molecule has 104 valence electrons. The van der Waals surface area contributed by atoms with Crippen LogP contribution in [0.1, 0.15) is 63.9 Å². The van der Waals surface area contributed by atoms with Gasteiger partial charge >= 0.3 is 0 Å². The Morgan fingerprint density at radius 2 is 2.26 bits per heavy atom. The van der Waals surface area contributed by atoms with E-state index in [1.165, 1.54) is 0 Å². The van der Waals surface area contributed by atoms with Gasteiger partial charge in [0.25, 0.3) is 0 Å². The van der Waals surface area contributed by atoms with Gasteiger partial charge in [-0.2, -0.15) is 0 Å². The Hall–Kier alpha value is -1.38. The molecule has 3 atom stereocenters. The van der Waals surface area contributed by atoms with E-state index >= 15 is 0 Å². The molecule has 3 unspecified atom stereocenters. The van der Waals surface area contributed by atoms with Crippen molar-refractivity contribution in [1.29, 1.82) is 0 Å². The molecule has 0 saturated carbocycles. The van der Waals surface area contributed by atoms with Gasteiger partial charge in [-0.3, -0.25) is 4.79 Å². The van der Waals surface area contributed by atoms with Gasteiger partial charge in [-0.1, -0.05) is 26.3 Å². The number of allylic oxidation sites excluding steroid dienone is 2. The van der Waals surface area contributed by atoms with Gasteiger partial charge in [0, 0.05) is 11.6 Å². The van der Waals surface area contributed by atoms with E-state index in [1.54, 1.807) is 6.92 Å². The molecule has 0 N–H and O–H groups in total. The van der Waals surface area contributed by atoms with E-state index in [9.17, 15) is 9.18 Å². The zero-order valence-corrected chi connectivity index (χ0v) is 12.1. The van der Waals surface area contributed by atoms with E-state index in [0.29, 0.717) is 0 Å². The summed E-state index contributed by atoms with van der Waals surface area (Å²) >= 11 is 0. The number of carbonyl (C=O) groups excluding carboxylic acids is 1. The van der Waals surface area contributed by atoms with Crippen LogP contribution in [0.4, 0.5) is 4.39 Å². The van der Waals surface area contributed by atoms with Crippen molar-refractivity contribution in [2.24, 2.45) is 0 Å². The normalized spacial score (nSPS) is 27.6. The molecule has 0 spiro atoms. The highest BCUT2D eigenvalue weighted by Crippen LogP contribution is 2.49. The molecule has 0 aromatic carbocycles. The Morgan fingerprint density at radius 3 is 2.84 bits per heavy atom. The number of alkyl halides is 1. The lowest BCUT2D eigenvalue weighted by atomic mass is 9.87. The first kappa shape index (κ1) is 14.0. The molecule has 0 saturated heterocycles. The maximum absolute atomic E-state index is 14.2. The first-order chi connectivity index (χ1) is 8.93. The third-order valence-electron chi connectivity index (χ3n) is 4.24. The van der Waals surface area contributed by atoms with Gasteiger partial charge in [0.05, 0.1) is 11.7 Å². The summed E-state index contributed by atoms with van der Waals surface area (Å²) < 4.78 is 16.3.